The zero-order valence-corrected chi connectivity index (χ0v) is 14.8. The van der Waals surface area contributed by atoms with Crippen molar-refractivity contribution in [3.63, 3.8) is 0 Å². The van der Waals surface area contributed by atoms with Crippen molar-refractivity contribution < 1.29 is 19.1 Å². The highest BCUT2D eigenvalue weighted by molar-refractivity contribution is 7.08. The van der Waals surface area contributed by atoms with Gasteiger partial charge in [0.15, 0.2) is 0 Å². The van der Waals surface area contributed by atoms with Crippen LogP contribution < -0.4 is 0 Å². The van der Waals surface area contributed by atoms with Crippen molar-refractivity contribution >= 4 is 23.2 Å². The molecule has 0 aromatic carbocycles. The molecule has 25 heavy (non-hydrogen) atoms. The molecule has 1 amide bonds. The number of rotatable bonds is 4. The third kappa shape index (κ3) is 2.66. The van der Waals surface area contributed by atoms with Crippen molar-refractivity contribution in [2.75, 3.05) is 13.1 Å². The number of aryl methyl sites for hydroxylation is 1. The third-order valence-corrected chi connectivity index (χ3v) is 6.31. The van der Waals surface area contributed by atoms with Crippen molar-refractivity contribution in [3.05, 3.63) is 28.3 Å². The van der Waals surface area contributed by atoms with Gasteiger partial charge in [-0.2, -0.15) is 11.3 Å². The molecule has 132 valence electrons. The summed E-state index contributed by atoms with van der Waals surface area (Å²) in [6.45, 7) is 2.67. The Kier molecular flexibility index (Phi) is 3.91. The quantitative estimate of drug-likeness (QED) is 0.906. The second-order valence-electron chi connectivity index (χ2n) is 7.04. The molecule has 2 aromatic heterocycles. The number of carboxylic acid groups (broad SMARTS) is 1. The van der Waals surface area contributed by atoms with Crippen LogP contribution in [0.15, 0.2) is 21.2 Å². The molecule has 0 spiro atoms. The summed E-state index contributed by atoms with van der Waals surface area (Å²) in [5.41, 5.74) is 0.802. The SMILES string of the molecule is Cc1oc(-c2ccsc2)nc1CC(=O)N1C[C@@H]2CCC[C@@]2(C(=O)O)C1. The largest absolute Gasteiger partial charge is 0.481 e. The van der Waals surface area contributed by atoms with E-state index in [0.717, 1.165) is 18.4 Å². The predicted octanol–water partition coefficient (Wildman–Crippen LogP) is 2.97. The van der Waals surface area contributed by atoms with E-state index in [1.165, 1.54) is 0 Å². The van der Waals surface area contributed by atoms with E-state index in [1.807, 2.05) is 23.8 Å². The smallest absolute Gasteiger partial charge is 0.311 e. The minimum Gasteiger partial charge on any atom is -0.481 e. The van der Waals surface area contributed by atoms with Crippen LogP contribution in [0.25, 0.3) is 11.5 Å². The molecule has 7 heteroatoms. The van der Waals surface area contributed by atoms with E-state index >= 15 is 0 Å². The molecule has 1 N–H and O–H groups in total. The van der Waals surface area contributed by atoms with Gasteiger partial charge in [0.25, 0.3) is 0 Å². The first kappa shape index (κ1) is 16.3. The number of fused-ring (bicyclic) bond motifs is 1. The molecule has 1 aliphatic carbocycles. The molecule has 0 bridgehead atoms. The summed E-state index contributed by atoms with van der Waals surface area (Å²) in [6.07, 6.45) is 2.65. The predicted molar refractivity (Wildman–Crippen MR) is 92.2 cm³/mol. The van der Waals surface area contributed by atoms with E-state index < -0.39 is 11.4 Å². The first-order chi connectivity index (χ1) is 12.0. The Morgan fingerprint density at radius 3 is 3.04 bits per heavy atom. The van der Waals surface area contributed by atoms with Crippen molar-refractivity contribution in [2.45, 2.75) is 32.6 Å². The summed E-state index contributed by atoms with van der Waals surface area (Å²) in [5.74, 6) is 0.420. The Labute approximate surface area is 149 Å². The summed E-state index contributed by atoms with van der Waals surface area (Å²) < 4.78 is 5.69. The van der Waals surface area contributed by atoms with Gasteiger partial charge in [-0.05, 0) is 37.1 Å². The summed E-state index contributed by atoms with van der Waals surface area (Å²) in [6, 6.07) is 1.93. The Bertz CT molecular complexity index is 813. The molecule has 2 aromatic rings. The lowest BCUT2D eigenvalue weighted by Crippen LogP contribution is -2.37. The number of carboxylic acids is 1. The Morgan fingerprint density at radius 1 is 1.52 bits per heavy atom. The maximum atomic E-state index is 12.7. The number of aliphatic carboxylic acids is 1. The zero-order valence-electron chi connectivity index (χ0n) is 14.0. The molecule has 6 nitrogen and oxygen atoms in total. The summed E-state index contributed by atoms with van der Waals surface area (Å²) in [4.78, 5) is 30.6. The number of aromatic nitrogens is 1. The van der Waals surface area contributed by atoms with Gasteiger partial charge in [0.2, 0.25) is 11.8 Å². The average Bonchev–Trinajstić information content (AvgIpc) is 3.29. The van der Waals surface area contributed by atoms with Gasteiger partial charge in [0.1, 0.15) is 5.76 Å². The van der Waals surface area contributed by atoms with Crippen LogP contribution in [0.5, 0.6) is 0 Å². The first-order valence-electron chi connectivity index (χ1n) is 8.49. The Balaban J connectivity index is 1.49. The number of hydrogen-bond donors (Lipinski definition) is 1. The highest BCUT2D eigenvalue weighted by atomic mass is 32.1. The number of carbonyl (C=O) groups is 2. The van der Waals surface area contributed by atoms with E-state index in [0.29, 0.717) is 36.9 Å². The van der Waals surface area contributed by atoms with Crippen molar-refractivity contribution in [1.29, 1.82) is 0 Å². The molecule has 2 atom stereocenters. The fraction of sp³-hybridized carbons (Fsp3) is 0.500. The lowest BCUT2D eigenvalue weighted by molar-refractivity contribution is -0.149. The minimum atomic E-state index is -0.761. The van der Waals surface area contributed by atoms with Gasteiger partial charge in [-0.15, -0.1) is 0 Å². The molecule has 1 saturated carbocycles. The molecule has 1 saturated heterocycles. The number of likely N-dealkylation sites (tertiary alicyclic amines) is 1. The van der Waals surface area contributed by atoms with Gasteiger partial charge in [-0.1, -0.05) is 6.42 Å². The van der Waals surface area contributed by atoms with E-state index in [2.05, 4.69) is 4.98 Å². The average molecular weight is 360 g/mol. The van der Waals surface area contributed by atoms with Gasteiger partial charge < -0.3 is 14.4 Å². The third-order valence-electron chi connectivity index (χ3n) is 5.63. The van der Waals surface area contributed by atoms with Crippen LogP contribution >= 0.6 is 11.3 Å². The number of hydrogen-bond acceptors (Lipinski definition) is 5. The van der Waals surface area contributed by atoms with Crippen molar-refractivity contribution in [1.82, 2.24) is 9.88 Å². The minimum absolute atomic E-state index is 0.0664. The van der Waals surface area contributed by atoms with Crippen LogP contribution in [0.3, 0.4) is 0 Å². The lowest BCUT2D eigenvalue weighted by Gasteiger charge is -2.23. The second-order valence-corrected chi connectivity index (χ2v) is 7.82. The van der Waals surface area contributed by atoms with Gasteiger partial charge >= 0.3 is 5.97 Å². The van der Waals surface area contributed by atoms with Crippen LogP contribution in [-0.2, 0) is 16.0 Å². The van der Waals surface area contributed by atoms with Gasteiger partial charge in [0, 0.05) is 24.0 Å². The second kappa shape index (κ2) is 5.98. The van der Waals surface area contributed by atoms with Crippen LogP contribution in [0.1, 0.15) is 30.7 Å². The van der Waals surface area contributed by atoms with Crippen LogP contribution in [0.4, 0.5) is 0 Å². The number of thiophene rings is 1. The van der Waals surface area contributed by atoms with Crippen LogP contribution in [0, 0.1) is 18.3 Å². The fourth-order valence-electron chi connectivity index (χ4n) is 4.19. The van der Waals surface area contributed by atoms with Crippen molar-refractivity contribution in [2.24, 2.45) is 11.3 Å². The molecule has 2 fully saturated rings. The molecule has 4 rings (SSSR count). The monoisotopic (exact) mass is 360 g/mol. The molecular weight excluding hydrogens is 340 g/mol. The number of carbonyl (C=O) groups excluding carboxylic acids is 1. The molecule has 0 radical (unpaired) electrons. The zero-order chi connectivity index (χ0) is 17.6. The number of nitrogens with zero attached hydrogens (tertiary/aromatic N) is 2. The summed E-state index contributed by atoms with van der Waals surface area (Å²) >= 11 is 1.56. The van der Waals surface area contributed by atoms with Gasteiger partial charge in [0.05, 0.1) is 17.5 Å². The van der Waals surface area contributed by atoms with Crippen LogP contribution in [-0.4, -0.2) is 40.0 Å². The number of amides is 1. The molecule has 0 unspecified atom stereocenters. The molecular formula is C18H20N2O4S. The Morgan fingerprint density at radius 2 is 2.36 bits per heavy atom. The van der Waals surface area contributed by atoms with Gasteiger partial charge in [-0.25, -0.2) is 4.98 Å². The lowest BCUT2D eigenvalue weighted by atomic mass is 9.81. The topological polar surface area (TPSA) is 83.6 Å². The molecule has 2 aliphatic rings. The maximum Gasteiger partial charge on any atom is 0.311 e. The normalized spacial score (nSPS) is 25.3. The van der Waals surface area contributed by atoms with E-state index in [-0.39, 0.29) is 18.2 Å². The standard InChI is InChI=1S/C18H20N2O4S/c1-11-14(19-16(24-11)12-4-6-25-9-12)7-15(21)20-8-13-3-2-5-18(13,10-20)17(22)23/h4,6,9,13H,2-3,5,7-8,10H2,1H3,(H,22,23)/t13-,18+/m0/s1. The highest BCUT2D eigenvalue weighted by Crippen LogP contribution is 2.49. The highest BCUT2D eigenvalue weighted by Gasteiger charge is 2.55. The van der Waals surface area contributed by atoms with Crippen molar-refractivity contribution in [3.8, 4) is 11.5 Å². The van der Waals surface area contributed by atoms with Crippen LogP contribution in [0.2, 0.25) is 0 Å². The first-order valence-corrected chi connectivity index (χ1v) is 9.44. The Hall–Kier alpha value is -2.15. The molecule has 1 aliphatic heterocycles. The molecule has 3 heterocycles. The van der Waals surface area contributed by atoms with E-state index in [4.69, 9.17) is 4.42 Å². The van der Waals surface area contributed by atoms with Gasteiger partial charge in [-0.3, -0.25) is 9.59 Å². The van der Waals surface area contributed by atoms with E-state index in [1.54, 1.807) is 16.2 Å². The van der Waals surface area contributed by atoms with E-state index in [9.17, 15) is 14.7 Å². The maximum absolute atomic E-state index is 12.7. The fourth-order valence-corrected chi connectivity index (χ4v) is 4.82. The summed E-state index contributed by atoms with van der Waals surface area (Å²) in [7, 11) is 0. The number of oxazole rings is 1. The summed E-state index contributed by atoms with van der Waals surface area (Å²) in [5, 5.41) is 13.6.